The van der Waals surface area contributed by atoms with Crippen molar-refractivity contribution in [3.8, 4) is 5.75 Å². The molecule has 0 aliphatic rings. The van der Waals surface area contributed by atoms with Crippen LogP contribution in [0.25, 0.3) is 0 Å². The van der Waals surface area contributed by atoms with Gasteiger partial charge in [-0.2, -0.15) is 4.98 Å². The number of ether oxygens (including phenoxy) is 1. The average Bonchev–Trinajstić information content (AvgIpc) is 2.41. The van der Waals surface area contributed by atoms with Crippen molar-refractivity contribution in [3.05, 3.63) is 41.6 Å². The van der Waals surface area contributed by atoms with Gasteiger partial charge < -0.3 is 9.64 Å². The Hall–Kier alpha value is -1.88. The van der Waals surface area contributed by atoms with Gasteiger partial charge in [-0.05, 0) is 23.7 Å². The van der Waals surface area contributed by atoms with E-state index < -0.39 is 5.82 Å². The minimum Gasteiger partial charge on any atom is -0.497 e. The van der Waals surface area contributed by atoms with Crippen LogP contribution in [0.15, 0.2) is 30.5 Å². The number of anilines is 2. The van der Waals surface area contributed by atoms with Crippen molar-refractivity contribution in [1.29, 1.82) is 0 Å². The Morgan fingerprint density at radius 1 is 1.39 bits per heavy atom. The summed E-state index contributed by atoms with van der Waals surface area (Å²) in [6.45, 7) is 0. The average molecular weight is 268 g/mol. The van der Waals surface area contributed by atoms with E-state index >= 15 is 0 Å². The van der Waals surface area contributed by atoms with Crippen molar-refractivity contribution in [2.24, 2.45) is 0 Å². The van der Waals surface area contributed by atoms with Crippen LogP contribution in [0.4, 0.5) is 15.9 Å². The first-order valence-corrected chi connectivity index (χ1v) is 5.55. The van der Waals surface area contributed by atoms with Gasteiger partial charge in [0.2, 0.25) is 5.28 Å². The lowest BCUT2D eigenvalue weighted by molar-refractivity contribution is 0.415. The molecular formula is C12H11ClFN3O. The summed E-state index contributed by atoms with van der Waals surface area (Å²) in [7, 11) is 3.26. The second kappa shape index (κ2) is 5.18. The topological polar surface area (TPSA) is 38.2 Å². The third-order valence-electron chi connectivity index (χ3n) is 2.45. The molecule has 0 aliphatic heterocycles. The van der Waals surface area contributed by atoms with E-state index in [1.165, 1.54) is 0 Å². The molecule has 2 aromatic rings. The minimum absolute atomic E-state index is 0.00106. The van der Waals surface area contributed by atoms with Crippen molar-refractivity contribution in [1.82, 2.24) is 9.97 Å². The molecule has 6 heteroatoms. The van der Waals surface area contributed by atoms with Crippen LogP contribution in [0.5, 0.6) is 5.75 Å². The highest BCUT2D eigenvalue weighted by atomic mass is 35.5. The van der Waals surface area contributed by atoms with Crippen molar-refractivity contribution in [2.75, 3.05) is 19.1 Å². The zero-order valence-corrected chi connectivity index (χ0v) is 10.6. The maximum Gasteiger partial charge on any atom is 0.224 e. The molecule has 0 unspecified atom stereocenters. The lowest BCUT2D eigenvalue weighted by Crippen LogP contribution is -2.13. The van der Waals surface area contributed by atoms with Crippen LogP contribution in [-0.2, 0) is 0 Å². The fourth-order valence-electron chi connectivity index (χ4n) is 1.51. The van der Waals surface area contributed by atoms with E-state index in [1.54, 1.807) is 31.2 Å². The largest absolute Gasteiger partial charge is 0.497 e. The monoisotopic (exact) mass is 267 g/mol. The Labute approximate surface area is 109 Å². The van der Waals surface area contributed by atoms with Crippen LogP contribution < -0.4 is 9.64 Å². The quantitative estimate of drug-likeness (QED) is 0.801. The molecule has 0 aliphatic carbocycles. The molecule has 1 heterocycles. The molecule has 0 spiro atoms. The second-order valence-electron chi connectivity index (χ2n) is 3.57. The fourth-order valence-corrected chi connectivity index (χ4v) is 1.64. The normalized spacial score (nSPS) is 10.2. The SMILES string of the molecule is COc1cccc(N(C)c2nc(Cl)ncc2F)c1. The molecule has 0 N–H and O–H groups in total. The van der Waals surface area contributed by atoms with Gasteiger partial charge in [0.1, 0.15) is 5.75 Å². The Kier molecular flexibility index (Phi) is 3.62. The Morgan fingerprint density at radius 3 is 2.89 bits per heavy atom. The van der Waals surface area contributed by atoms with E-state index in [0.717, 1.165) is 11.9 Å². The molecule has 0 radical (unpaired) electrons. The highest BCUT2D eigenvalue weighted by molar-refractivity contribution is 6.28. The van der Waals surface area contributed by atoms with Gasteiger partial charge in [0.15, 0.2) is 11.6 Å². The summed E-state index contributed by atoms with van der Waals surface area (Å²) < 4.78 is 18.7. The van der Waals surface area contributed by atoms with E-state index in [-0.39, 0.29) is 11.1 Å². The first-order valence-electron chi connectivity index (χ1n) is 5.17. The first kappa shape index (κ1) is 12.6. The predicted molar refractivity (Wildman–Crippen MR) is 68.1 cm³/mol. The van der Waals surface area contributed by atoms with Gasteiger partial charge in [-0.1, -0.05) is 6.07 Å². The van der Waals surface area contributed by atoms with Crippen molar-refractivity contribution >= 4 is 23.1 Å². The summed E-state index contributed by atoms with van der Waals surface area (Å²) in [6.07, 6.45) is 1.04. The minimum atomic E-state index is -0.537. The maximum atomic E-state index is 13.6. The summed E-state index contributed by atoms with van der Waals surface area (Å²) in [5, 5.41) is 0.00106. The molecule has 0 fully saturated rings. The standard InChI is InChI=1S/C12H11ClFN3O/c1-17(8-4-3-5-9(6-8)18-2)11-10(14)7-15-12(13)16-11/h3-7H,1-2H3. The van der Waals surface area contributed by atoms with Crippen LogP contribution in [0.3, 0.4) is 0 Å². The van der Waals surface area contributed by atoms with E-state index in [0.29, 0.717) is 5.75 Å². The maximum absolute atomic E-state index is 13.6. The number of rotatable bonds is 3. The summed E-state index contributed by atoms with van der Waals surface area (Å²) >= 11 is 5.67. The zero-order chi connectivity index (χ0) is 13.1. The van der Waals surface area contributed by atoms with E-state index in [1.807, 2.05) is 12.1 Å². The van der Waals surface area contributed by atoms with Crippen LogP contribution in [-0.4, -0.2) is 24.1 Å². The van der Waals surface area contributed by atoms with Crippen molar-refractivity contribution in [2.45, 2.75) is 0 Å². The van der Waals surface area contributed by atoms with Gasteiger partial charge in [-0.3, -0.25) is 0 Å². The molecule has 4 nitrogen and oxygen atoms in total. The molecule has 2 rings (SSSR count). The van der Waals surface area contributed by atoms with Gasteiger partial charge in [0, 0.05) is 18.8 Å². The molecule has 0 amide bonds. The predicted octanol–water partition coefficient (Wildman–Crippen LogP) is 3.05. The number of aromatic nitrogens is 2. The number of halogens is 2. The summed E-state index contributed by atoms with van der Waals surface area (Å²) in [5.41, 5.74) is 0.739. The molecule has 0 bridgehead atoms. The van der Waals surface area contributed by atoms with Gasteiger partial charge in [-0.15, -0.1) is 0 Å². The van der Waals surface area contributed by atoms with Crippen LogP contribution in [0.2, 0.25) is 5.28 Å². The second-order valence-corrected chi connectivity index (χ2v) is 3.91. The van der Waals surface area contributed by atoms with E-state index in [9.17, 15) is 4.39 Å². The molecular weight excluding hydrogens is 257 g/mol. The lowest BCUT2D eigenvalue weighted by Gasteiger charge is -2.19. The Bertz CT molecular complexity index is 565. The van der Waals surface area contributed by atoms with E-state index in [2.05, 4.69) is 9.97 Å². The summed E-state index contributed by atoms with van der Waals surface area (Å²) in [4.78, 5) is 9.02. The van der Waals surface area contributed by atoms with Crippen molar-refractivity contribution in [3.63, 3.8) is 0 Å². The first-order chi connectivity index (χ1) is 8.61. The lowest BCUT2D eigenvalue weighted by atomic mass is 10.3. The molecule has 1 aromatic carbocycles. The third-order valence-corrected chi connectivity index (χ3v) is 2.64. The van der Waals surface area contributed by atoms with E-state index in [4.69, 9.17) is 16.3 Å². The molecule has 18 heavy (non-hydrogen) atoms. The summed E-state index contributed by atoms with van der Waals surface area (Å²) in [5.74, 6) is 0.257. The Balaban J connectivity index is 2.40. The molecule has 0 atom stereocenters. The number of methoxy groups -OCH3 is 1. The number of nitrogens with zero attached hydrogens (tertiary/aromatic N) is 3. The number of benzene rings is 1. The molecule has 0 saturated carbocycles. The smallest absolute Gasteiger partial charge is 0.224 e. The van der Waals surface area contributed by atoms with Gasteiger partial charge in [-0.25, -0.2) is 9.37 Å². The van der Waals surface area contributed by atoms with Gasteiger partial charge in [0.05, 0.1) is 13.3 Å². The van der Waals surface area contributed by atoms with Crippen LogP contribution >= 0.6 is 11.6 Å². The highest BCUT2D eigenvalue weighted by Crippen LogP contribution is 2.27. The molecule has 0 saturated heterocycles. The molecule has 1 aromatic heterocycles. The highest BCUT2D eigenvalue weighted by Gasteiger charge is 2.13. The third kappa shape index (κ3) is 2.51. The number of hydrogen-bond acceptors (Lipinski definition) is 4. The fraction of sp³-hybridized carbons (Fsp3) is 0.167. The Morgan fingerprint density at radius 2 is 2.17 bits per heavy atom. The van der Waals surface area contributed by atoms with Crippen LogP contribution in [0, 0.1) is 5.82 Å². The molecule has 94 valence electrons. The van der Waals surface area contributed by atoms with Crippen molar-refractivity contribution < 1.29 is 9.13 Å². The number of hydrogen-bond donors (Lipinski definition) is 0. The van der Waals surface area contributed by atoms with Gasteiger partial charge in [0.25, 0.3) is 0 Å². The summed E-state index contributed by atoms with van der Waals surface area (Å²) in [6, 6.07) is 7.21. The van der Waals surface area contributed by atoms with Gasteiger partial charge >= 0.3 is 0 Å². The van der Waals surface area contributed by atoms with Crippen LogP contribution in [0.1, 0.15) is 0 Å². The zero-order valence-electron chi connectivity index (χ0n) is 9.89.